The summed E-state index contributed by atoms with van der Waals surface area (Å²) in [6, 6.07) is 10.1. The third-order valence-electron chi connectivity index (χ3n) is 2.83. The van der Waals surface area contributed by atoms with E-state index in [0.717, 1.165) is 12.8 Å². The van der Waals surface area contributed by atoms with Gasteiger partial charge in [-0.05, 0) is 18.4 Å². The van der Waals surface area contributed by atoms with E-state index in [2.05, 4.69) is 12.1 Å². The van der Waals surface area contributed by atoms with Crippen LogP contribution >= 0.6 is 0 Å². The maximum absolute atomic E-state index is 11.6. The van der Waals surface area contributed by atoms with Crippen molar-refractivity contribution < 1.29 is 13.2 Å². The number of rotatable bonds is 4. The lowest BCUT2D eigenvalue weighted by molar-refractivity contribution is 0.132. The van der Waals surface area contributed by atoms with Crippen molar-refractivity contribution in [3.8, 4) is 0 Å². The van der Waals surface area contributed by atoms with Crippen molar-refractivity contribution in [3.63, 3.8) is 0 Å². The molecule has 1 aromatic carbocycles. The molecule has 0 unspecified atom stereocenters. The molecule has 2 rings (SSSR count). The van der Waals surface area contributed by atoms with Crippen LogP contribution in [0.4, 0.5) is 0 Å². The molecule has 0 bridgehead atoms. The van der Waals surface area contributed by atoms with Crippen LogP contribution in [0, 0.1) is 0 Å². The summed E-state index contributed by atoms with van der Waals surface area (Å²) in [7, 11) is -3.17. The van der Waals surface area contributed by atoms with E-state index in [4.69, 9.17) is 4.74 Å². The van der Waals surface area contributed by atoms with E-state index in [9.17, 15) is 8.42 Å². The summed E-state index contributed by atoms with van der Waals surface area (Å²) in [6.07, 6.45) is 1.76. The number of sulfonamides is 1. The molecular weight excluding hydrogens is 238 g/mol. The van der Waals surface area contributed by atoms with E-state index >= 15 is 0 Å². The van der Waals surface area contributed by atoms with Gasteiger partial charge in [-0.15, -0.1) is 0 Å². The molecule has 1 aromatic rings. The molecule has 1 saturated heterocycles. The first kappa shape index (κ1) is 12.5. The fourth-order valence-electron chi connectivity index (χ4n) is 1.90. The van der Waals surface area contributed by atoms with Crippen LogP contribution in [0.1, 0.15) is 12.0 Å². The molecule has 0 atom stereocenters. The van der Waals surface area contributed by atoms with Gasteiger partial charge in [-0.3, -0.25) is 0 Å². The maximum Gasteiger partial charge on any atom is 0.238 e. The minimum absolute atomic E-state index is 0.168. The Bertz CT molecular complexity index is 444. The Kier molecular flexibility index (Phi) is 4.15. The van der Waals surface area contributed by atoms with Gasteiger partial charge < -0.3 is 4.74 Å². The van der Waals surface area contributed by atoms with Crippen molar-refractivity contribution in [1.29, 1.82) is 0 Å². The van der Waals surface area contributed by atoms with E-state index in [1.165, 1.54) is 9.87 Å². The van der Waals surface area contributed by atoms with Crippen LogP contribution in [0.25, 0.3) is 0 Å². The number of benzene rings is 1. The quantitative estimate of drug-likeness (QED) is 0.813. The SMILES string of the molecule is O=S1(=O)COCCN1CCCc1ccccc1. The molecule has 5 heteroatoms. The van der Waals surface area contributed by atoms with Crippen molar-refractivity contribution in [1.82, 2.24) is 4.31 Å². The average Bonchev–Trinajstić information content (AvgIpc) is 2.32. The van der Waals surface area contributed by atoms with Crippen molar-refractivity contribution in [2.45, 2.75) is 12.8 Å². The highest BCUT2D eigenvalue weighted by Crippen LogP contribution is 2.10. The Morgan fingerprint density at radius 3 is 2.71 bits per heavy atom. The monoisotopic (exact) mass is 255 g/mol. The standard InChI is InChI=1S/C12H17NO3S/c14-17(15)11-16-10-9-13(17)8-4-7-12-5-2-1-3-6-12/h1-3,5-6H,4,7-11H2. The Balaban J connectivity index is 1.82. The van der Waals surface area contributed by atoms with E-state index in [-0.39, 0.29) is 5.94 Å². The molecule has 0 aromatic heterocycles. The zero-order valence-corrected chi connectivity index (χ0v) is 10.5. The lowest BCUT2D eigenvalue weighted by atomic mass is 10.1. The number of nitrogens with zero attached hydrogens (tertiary/aromatic N) is 1. The van der Waals surface area contributed by atoms with Gasteiger partial charge >= 0.3 is 0 Å². The van der Waals surface area contributed by atoms with Gasteiger partial charge in [0.05, 0.1) is 6.61 Å². The summed E-state index contributed by atoms with van der Waals surface area (Å²) in [5.74, 6) is -0.168. The minimum Gasteiger partial charge on any atom is -0.363 e. The van der Waals surface area contributed by atoms with E-state index < -0.39 is 10.0 Å². The van der Waals surface area contributed by atoms with Gasteiger partial charge in [0.2, 0.25) is 10.0 Å². The molecule has 1 heterocycles. The molecule has 0 saturated carbocycles. The summed E-state index contributed by atoms with van der Waals surface area (Å²) in [4.78, 5) is 0. The minimum atomic E-state index is -3.17. The lowest BCUT2D eigenvalue weighted by Gasteiger charge is -2.26. The van der Waals surface area contributed by atoms with Crippen molar-refractivity contribution >= 4 is 10.0 Å². The fraction of sp³-hybridized carbons (Fsp3) is 0.500. The predicted molar refractivity (Wildman–Crippen MR) is 66.1 cm³/mol. The molecule has 0 radical (unpaired) electrons. The second kappa shape index (κ2) is 5.62. The third-order valence-corrected chi connectivity index (χ3v) is 4.44. The smallest absolute Gasteiger partial charge is 0.238 e. The largest absolute Gasteiger partial charge is 0.363 e. The number of ether oxygens (including phenoxy) is 1. The predicted octanol–water partition coefficient (Wildman–Crippen LogP) is 1.24. The molecule has 1 fully saturated rings. The molecule has 1 aliphatic rings. The average molecular weight is 255 g/mol. The zero-order valence-electron chi connectivity index (χ0n) is 9.71. The molecule has 0 spiro atoms. The van der Waals surface area contributed by atoms with Crippen LogP contribution in [0.3, 0.4) is 0 Å². The molecule has 1 aliphatic heterocycles. The van der Waals surface area contributed by atoms with Crippen LogP contribution < -0.4 is 0 Å². The normalized spacial score (nSPS) is 20.2. The Hall–Kier alpha value is -0.910. The van der Waals surface area contributed by atoms with Gasteiger partial charge in [0.25, 0.3) is 0 Å². The van der Waals surface area contributed by atoms with E-state index in [1.54, 1.807) is 0 Å². The van der Waals surface area contributed by atoms with Gasteiger partial charge in [0, 0.05) is 13.1 Å². The zero-order chi connectivity index (χ0) is 12.1. The number of aryl methyl sites for hydroxylation is 1. The molecular formula is C12H17NO3S. The van der Waals surface area contributed by atoms with Crippen LogP contribution in [-0.4, -0.2) is 38.4 Å². The first-order valence-corrected chi connectivity index (χ1v) is 7.39. The lowest BCUT2D eigenvalue weighted by Crippen LogP contribution is -2.41. The van der Waals surface area contributed by atoms with E-state index in [0.29, 0.717) is 19.7 Å². The second-order valence-corrected chi connectivity index (χ2v) is 6.04. The van der Waals surface area contributed by atoms with Gasteiger partial charge in [0.1, 0.15) is 0 Å². The van der Waals surface area contributed by atoms with Gasteiger partial charge in [-0.25, -0.2) is 8.42 Å². The summed E-state index contributed by atoms with van der Waals surface area (Å²) >= 11 is 0. The summed E-state index contributed by atoms with van der Waals surface area (Å²) in [6.45, 7) is 1.57. The van der Waals surface area contributed by atoms with E-state index in [1.807, 2.05) is 18.2 Å². The van der Waals surface area contributed by atoms with Crippen molar-refractivity contribution in [3.05, 3.63) is 35.9 Å². The molecule has 0 amide bonds. The first-order chi connectivity index (χ1) is 8.18. The highest BCUT2D eigenvalue weighted by molar-refractivity contribution is 7.88. The van der Waals surface area contributed by atoms with Gasteiger partial charge in [0.15, 0.2) is 5.94 Å². The summed E-state index contributed by atoms with van der Waals surface area (Å²) in [5, 5.41) is 0. The van der Waals surface area contributed by atoms with Crippen LogP contribution in [0.2, 0.25) is 0 Å². The maximum atomic E-state index is 11.6. The molecule has 94 valence electrons. The van der Waals surface area contributed by atoms with Crippen LogP contribution in [-0.2, 0) is 21.2 Å². The van der Waals surface area contributed by atoms with Crippen molar-refractivity contribution in [2.24, 2.45) is 0 Å². The molecule has 4 nitrogen and oxygen atoms in total. The highest BCUT2D eigenvalue weighted by Gasteiger charge is 2.25. The van der Waals surface area contributed by atoms with Crippen LogP contribution in [0.15, 0.2) is 30.3 Å². The highest BCUT2D eigenvalue weighted by atomic mass is 32.2. The number of hydrogen-bond acceptors (Lipinski definition) is 3. The van der Waals surface area contributed by atoms with Gasteiger partial charge in [-0.2, -0.15) is 4.31 Å². The second-order valence-electron chi connectivity index (χ2n) is 4.13. The fourth-order valence-corrected chi connectivity index (χ4v) is 3.14. The first-order valence-electron chi connectivity index (χ1n) is 5.78. The topological polar surface area (TPSA) is 46.6 Å². The Morgan fingerprint density at radius 1 is 1.24 bits per heavy atom. The van der Waals surface area contributed by atoms with Crippen LogP contribution in [0.5, 0.6) is 0 Å². The Labute approximate surface area is 102 Å². The summed E-state index contributed by atoms with van der Waals surface area (Å²) < 4.78 is 29.7. The van der Waals surface area contributed by atoms with Gasteiger partial charge in [-0.1, -0.05) is 30.3 Å². The molecule has 0 N–H and O–H groups in total. The molecule has 0 aliphatic carbocycles. The Morgan fingerprint density at radius 2 is 2.00 bits per heavy atom. The number of hydrogen-bond donors (Lipinski definition) is 0. The molecule has 17 heavy (non-hydrogen) atoms. The van der Waals surface area contributed by atoms with Crippen molar-refractivity contribution in [2.75, 3.05) is 25.6 Å². The summed E-state index contributed by atoms with van der Waals surface area (Å²) in [5.41, 5.74) is 1.25. The third kappa shape index (κ3) is 3.52.